The van der Waals surface area contributed by atoms with E-state index in [4.69, 9.17) is 10.5 Å². The van der Waals surface area contributed by atoms with E-state index >= 15 is 0 Å². The number of piperidine rings is 1. The Morgan fingerprint density at radius 2 is 2.20 bits per heavy atom. The van der Waals surface area contributed by atoms with Gasteiger partial charge in [0.1, 0.15) is 0 Å². The van der Waals surface area contributed by atoms with Crippen molar-refractivity contribution in [3.05, 3.63) is 0 Å². The van der Waals surface area contributed by atoms with Crippen LogP contribution in [0.1, 0.15) is 12.8 Å². The highest BCUT2D eigenvalue weighted by atomic mass is 16.5. The summed E-state index contributed by atoms with van der Waals surface area (Å²) in [4.78, 5) is 4.54. The van der Waals surface area contributed by atoms with Gasteiger partial charge in [-0.05, 0) is 33.5 Å². The van der Waals surface area contributed by atoms with E-state index in [0.29, 0.717) is 6.04 Å². The molecule has 0 amide bonds. The summed E-state index contributed by atoms with van der Waals surface area (Å²) in [6.07, 6.45) is 2.41. The molecule has 1 aliphatic heterocycles. The summed E-state index contributed by atoms with van der Waals surface area (Å²) < 4.78 is 5.56. The van der Waals surface area contributed by atoms with Gasteiger partial charge in [-0.2, -0.15) is 0 Å². The third kappa shape index (κ3) is 6.10. The normalized spacial score (nSPS) is 23.6. The van der Waals surface area contributed by atoms with E-state index in [1.807, 2.05) is 0 Å². The Bertz CT molecular complexity index is 164. The van der Waals surface area contributed by atoms with Gasteiger partial charge in [0.2, 0.25) is 0 Å². The smallest absolute Gasteiger partial charge is 0.0594 e. The topological polar surface area (TPSA) is 41.7 Å². The molecule has 0 bridgehead atoms. The monoisotopic (exact) mass is 215 g/mol. The van der Waals surface area contributed by atoms with E-state index in [2.05, 4.69) is 23.9 Å². The number of likely N-dealkylation sites (N-methyl/N-ethyl adjacent to an activating group) is 1. The maximum absolute atomic E-state index is 5.91. The molecule has 0 aliphatic carbocycles. The standard InChI is InChI=1S/C11H25N3O/c1-13(2)6-8-15-9-7-14-5-3-4-11(12)10-14/h11H,3-10,12H2,1-2H3. The summed E-state index contributed by atoms with van der Waals surface area (Å²) in [6, 6.07) is 0.375. The van der Waals surface area contributed by atoms with Gasteiger partial charge in [0.15, 0.2) is 0 Å². The highest BCUT2D eigenvalue weighted by Gasteiger charge is 2.15. The van der Waals surface area contributed by atoms with E-state index in [1.165, 1.54) is 19.4 Å². The summed E-state index contributed by atoms with van der Waals surface area (Å²) in [7, 11) is 4.13. The second-order valence-corrected chi connectivity index (χ2v) is 4.62. The molecular formula is C11H25N3O. The SMILES string of the molecule is CN(C)CCOCCN1CCCC(N)C1. The highest BCUT2D eigenvalue weighted by molar-refractivity contribution is 4.74. The molecule has 1 heterocycles. The number of nitrogens with two attached hydrogens (primary N) is 1. The first-order valence-electron chi connectivity index (χ1n) is 5.89. The molecule has 4 nitrogen and oxygen atoms in total. The van der Waals surface area contributed by atoms with Crippen molar-refractivity contribution >= 4 is 0 Å². The Morgan fingerprint density at radius 1 is 1.40 bits per heavy atom. The van der Waals surface area contributed by atoms with Crippen LogP contribution in [-0.2, 0) is 4.74 Å². The zero-order valence-corrected chi connectivity index (χ0v) is 10.1. The first kappa shape index (κ1) is 12.9. The molecule has 0 aromatic carbocycles. The van der Waals surface area contributed by atoms with Crippen LogP contribution in [0.3, 0.4) is 0 Å². The van der Waals surface area contributed by atoms with Gasteiger partial charge in [-0.25, -0.2) is 0 Å². The molecule has 0 saturated carbocycles. The maximum Gasteiger partial charge on any atom is 0.0594 e. The second kappa shape index (κ2) is 7.17. The van der Waals surface area contributed by atoms with Gasteiger partial charge in [0, 0.05) is 25.7 Å². The van der Waals surface area contributed by atoms with Crippen LogP contribution in [0.25, 0.3) is 0 Å². The predicted octanol–water partition coefficient (Wildman–Crippen LogP) is -0.0123. The summed E-state index contributed by atoms with van der Waals surface area (Å²) in [5.41, 5.74) is 5.91. The van der Waals surface area contributed by atoms with Crippen LogP contribution in [0, 0.1) is 0 Å². The summed E-state index contributed by atoms with van der Waals surface area (Å²) in [6.45, 7) is 5.91. The van der Waals surface area contributed by atoms with Gasteiger partial charge in [-0.15, -0.1) is 0 Å². The number of ether oxygens (including phenoxy) is 1. The molecule has 2 N–H and O–H groups in total. The minimum absolute atomic E-state index is 0.375. The fraction of sp³-hybridized carbons (Fsp3) is 1.00. The number of nitrogens with zero attached hydrogens (tertiary/aromatic N) is 2. The van der Waals surface area contributed by atoms with Crippen LogP contribution in [-0.4, -0.2) is 69.3 Å². The summed E-state index contributed by atoms with van der Waals surface area (Å²) in [5.74, 6) is 0. The molecule has 0 aromatic heterocycles. The average molecular weight is 215 g/mol. The Kier molecular flexibility index (Phi) is 6.17. The molecule has 0 aromatic rings. The van der Waals surface area contributed by atoms with Crippen LogP contribution in [0.2, 0.25) is 0 Å². The highest BCUT2D eigenvalue weighted by Crippen LogP contribution is 2.07. The van der Waals surface area contributed by atoms with Crippen molar-refractivity contribution in [2.24, 2.45) is 5.73 Å². The minimum Gasteiger partial charge on any atom is -0.379 e. The average Bonchev–Trinajstić information content (AvgIpc) is 2.17. The van der Waals surface area contributed by atoms with Gasteiger partial charge in [0.05, 0.1) is 13.2 Å². The van der Waals surface area contributed by atoms with E-state index in [1.54, 1.807) is 0 Å². The zero-order chi connectivity index (χ0) is 11.1. The molecule has 90 valence electrons. The van der Waals surface area contributed by atoms with Gasteiger partial charge >= 0.3 is 0 Å². The fourth-order valence-corrected chi connectivity index (χ4v) is 1.84. The molecule has 0 radical (unpaired) electrons. The van der Waals surface area contributed by atoms with Crippen LogP contribution in [0.5, 0.6) is 0 Å². The van der Waals surface area contributed by atoms with Crippen molar-refractivity contribution in [2.45, 2.75) is 18.9 Å². The molecule has 1 saturated heterocycles. The van der Waals surface area contributed by atoms with E-state index in [0.717, 1.165) is 32.8 Å². The maximum atomic E-state index is 5.91. The zero-order valence-electron chi connectivity index (χ0n) is 10.1. The lowest BCUT2D eigenvalue weighted by Gasteiger charge is -2.30. The van der Waals surface area contributed by atoms with Gasteiger partial charge in [-0.3, -0.25) is 4.90 Å². The largest absolute Gasteiger partial charge is 0.379 e. The third-order valence-electron chi connectivity index (χ3n) is 2.78. The first-order chi connectivity index (χ1) is 7.18. The third-order valence-corrected chi connectivity index (χ3v) is 2.78. The predicted molar refractivity (Wildman–Crippen MR) is 63.0 cm³/mol. The van der Waals surface area contributed by atoms with Crippen molar-refractivity contribution in [1.29, 1.82) is 0 Å². The lowest BCUT2D eigenvalue weighted by atomic mass is 10.1. The lowest BCUT2D eigenvalue weighted by molar-refractivity contribution is 0.0838. The van der Waals surface area contributed by atoms with Crippen molar-refractivity contribution < 1.29 is 4.74 Å². The summed E-state index contributed by atoms with van der Waals surface area (Å²) in [5, 5.41) is 0. The number of hydrogen-bond acceptors (Lipinski definition) is 4. The quantitative estimate of drug-likeness (QED) is 0.633. The summed E-state index contributed by atoms with van der Waals surface area (Å²) >= 11 is 0. The molecule has 15 heavy (non-hydrogen) atoms. The van der Waals surface area contributed by atoms with Crippen LogP contribution < -0.4 is 5.73 Å². The molecule has 0 spiro atoms. The Morgan fingerprint density at radius 3 is 2.87 bits per heavy atom. The molecule has 1 aliphatic rings. The van der Waals surface area contributed by atoms with Crippen LogP contribution >= 0.6 is 0 Å². The van der Waals surface area contributed by atoms with Crippen molar-refractivity contribution in [3.8, 4) is 0 Å². The Balaban J connectivity index is 1.95. The lowest BCUT2D eigenvalue weighted by Crippen LogP contribution is -2.44. The fourth-order valence-electron chi connectivity index (χ4n) is 1.84. The first-order valence-corrected chi connectivity index (χ1v) is 5.89. The Hall–Kier alpha value is -0.160. The van der Waals surface area contributed by atoms with Gasteiger partial charge in [0.25, 0.3) is 0 Å². The number of hydrogen-bond donors (Lipinski definition) is 1. The van der Waals surface area contributed by atoms with Crippen molar-refractivity contribution in [2.75, 3.05) is 53.5 Å². The molecule has 1 atom stereocenters. The van der Waals surface area contributed by atoms with Crippen LogP contribution in [0.15, 0.2) is 0 Å². The second-order valence-electron chi connectivity index (χ2n) is 4.62. The van der Waals surface area contributed by atoms with E-state index in [9.17, 15) is 0 Å². The molecule has 1 unspecified atom stereocenters. The van der Waals surface area contributed by atoms with Crippen molar-refractivity contribution in [1.82, 2.24) is 9.80 Å². The number of likely N-dealkylation sites (tertiary alicyclic amines) is 1. The minimum atomic E-state index is 0.375. The van der Waals surface area contributed by atoms with E-state index in [-0.39, 0.29) is 0 Å². The van der Waals surface area contributed by atoms with Gasteiger partial charge < -0.3 is 15.4 Å². The van der Waals surface area contributed by atoms with Crippen LogP contribution in [0.4, 0.5) is 0 Å². The van der Waals surface area contributed by atoms with E-state index < -0.39 is 0 Å². The number of rotatable bonds is 6. The Labute approximate surface area is 93.4 Å². The van der Waals surface area contributed by atoms with Gasteiger partial charge in [-0.1, -0.05) is 0 Å². The molecule has 4 heteroatoms. The molecule has 1 fully saturated rings. The van der Waals surface area contributed by atoms with Crippen molar-refractivity contribution in [3.63, 3.8) is 0 Å². The molecular weight excluding hydrogens is 190 g/mol. The molecule has 1 rings (SSSR count).